The van der Waals surface area contributed by atoms with Gasteiger partial charge in [0.05, 0.1) is 13.1 Å². The van der Waals surface area contributed by atoms with Crippen molar-refractivity contribution >= 4 is 12.1 Å². The third kappa shape index (κ3) is 9.62. The van der Waals surface area contributed by atoms with E-state index >= 15 is 0 Å². The van der Waals surface area contributed by atoms with Gasteiger partial charge in [0.2, 0.25) is 0 Å². The lowest BCUT2D eigenvalue weighted by Gasteiger charge is -2.28. The molecule has 2 N–H and O–H groups in total. The maximum absolute atomic E-state index is 12.1. The molecule has 0 aromatic carbocycles. The molecule has 0 saturated carbocycles. The molecule has 1 atom stereocenters. The molecule has 1 aromatic heterocycles. The number of carbonyl (C=O) groups excluding carboxylic acids is 1. The number of alkyl carbamates (subject to hydrolysis) is 1. The highest BCUT2D eigenvalue weighted by Crippen LogP contribution is 2.11. The second kappa shape index (κ2) is 11.6. The molecule has 160 valence electrons. The largest absolute Gasteiger partial charge is 0.444 e. The van der Waals surface area contributed by atoms with Crippen LogP contribution in [0.2, 0.25) is 0 Å². The molecule has 1 aromatic rings. The maximum Gasteiger partial charge on any atom is 0.407 e. The Morgan fingerprint density at radius 3 is 2.61 bits per heavy atom. The van der Waals surface area contributed by atoms with Gasteiger partial charge in [-0.1, -0.05) is 13.8 Å². The molecule has 0 fully saturated rings. The van der Waals surface area contributed by atoms with Gasteiger partial charge in [0.15, 0.2) is 5.96 Å². The Hall–Kier alpha value is -2.25. The molecular formula is C20H38N6O2. The summed E-state index contributed by atoms with van der Waals surface area (Å²) in [6, 6.07) is 1.94. The van der Waals surface area contributed by atoms with E-state index in [1.54, 1.807) is 6.20 Å². The minimum absolute atomic E-state index is 0.0317. The molecule has 1 unspecified atom stereocenters. The summed E-state index contributed by atoms with van der Waals surface area (Å²) in [6.45, 7) is 14.8. The summed E-state index contributed by atoms with van der Waals surface area (Å²) in [4.78, 5) is 18.9. The summed E-state index contributed by atoms with van der Waals surface area (Å²) in [7, 11) is 2.01. The first-order chi connectivity index (χ1) is 13.1. The van der Waals surface area contributed by atoms with E-state index in [9.17, 15) is 4.79 Å². The van der Waals surface area contributed by atoms with Crippen LogP contribution in [0.5, 0.6) is 0 Å². The van der Waals surface area contributed by atoms with E-state index < -0.39 is 5.60 Å². The van der Waals surface area contributed by atoms with Crippen molar-refractivity contribution in [3.63, 3.8) is 0 Å². The highest BCUT2D eigenvalue weighted by molar-refractivity contribution is 5.79. The Labute approximate surface area is 169 Å². The van der Waals surface area contributed by atoms with E-state index in [0.29, 0.717) is 12.5 Å². The molecule has 1 rings (SSSR count). The molecular weight excluding hydrogens is 356 g/mol. The topological polar surface area (TPSA) is 83.8 Å². The lowest BCUT2D eigenvalue weighted by molar-refractivity contribution is 0.0486. The third-order valence-corrected chi connectivity index (χ3v) is 4.13. The van der Waals surface area contributed by atoms with E-state index in [1.807, 2.05) is 44.8 Å². The minimum Gasteiger partial charge on any atom is -0.444 e. The van der Waals surface area contributed by atoms with Gasteiger partial charge in [0.1, 0.15) is 5.60 Å². The number of aromatic nitrogens is 2. The summed E-state index contributed by atoms with van der Waals surface area (Å²) in [5.41, 5.74) is -0.498. The molecule has 0 aliphatic carbocycles. The number of nitrogens with zero attached hydrogens (tertiary/aromatic N) is 4. The zero-order valence-electron chi connectivity index (χ0n) is 18.5. The van der Waals surface area contributed by atoms with E-state index in [1.165, 1.54) is 0 Å². The standard InChI is InChI=1S/C20H38N6O2/c1-8-21-18(22-12-15-26-13-9-11-23-26)25(7)14-10-17(16(2)3)24-19(27)28-20(4,5)6/h9,11,13,16-17H,8,10,12,14-15H2,1-7H3,(H,21,22)(H,24,27). The van der Waals surface area contributed by atoms with Crippen molar-refractivity contribution in [2.24, 2.45) is 10.9 Å². The van der Waals surface area contributed by atoms with Crippen LogP contribution in [-0.4, -0.2) is 65.1 Å². The SMILES string of the molecule is CCNC(=NCCn1cccn1)N(C)CCC(NC(=O)OC(C)(C)C)C(C)C. The molecule has 0 saturated heterocycles. The molecule has 1 amide bonds. The fraction of sp³-hybridized carbons (Fsp3) is 0.750. The Bertz CT molecular complexity index is 592. The van der Waals surface area contributed by atoms with Crippen molar-refractivity contribution in [3.8, 4) is 0 Å². The summed E-state index contributed by atoms with van der Waals surface area (Å²) in [5.74, 6) is 1.16. The molecule has 28 heavy (non-hydrogen) atoms. The fourth-order valence-corrected chi connectivity index (χ4v) is 2.63. The first-order valence-electron chi connectivity index (χ1n) is 10.1. The Kier molecular flexibility index (Phi) is 9.82. The highest BCUT2D eigenvalue weighted by atomic mass is 16.6. The lowest BCUT2D eigenvalue weighted by Crippen LogP contribution is -2.45. The Balaban J connectivity index is 2.58. The summed E-state index contributed by atoms with van der Waals surface area (Å²) < 4.78 is 7.26. The van der Waals surface area contributed by atoms with E-state index in [-0.39, 0.29) is 12.1 Å². The molecule has 8 nitrogen and oxygen atoms in total. The monoisotopic (exact) mass is 394 g/mol. The van der Waals surface area contributed by atoms with Gasteiger partial charge in [-0.15, -0.1) is 0 Å². The van der Waals surface area contributed by atoms with E-state index in [4.69, 9.17) is 4.74 Å². The number of hydrogen-bond donors (Lipinski definition) is 2. The molecule has 0 radical (unpaired) electrons. The second-order valence-corrected chi connectivity index (χ2v) is 8.21. The highest BCUT2D eigenvalue weighted by Gasteiger charge is 2.22. The first-order valence-corrected chi connectivity index (χ1v) is 10.1. The number of aliphatic imine (C=N–C) groups is 1. The van der Waals surface area contributed by atoms with Crippen molar-refractivity contribution in [1.29, 1.82) is 0 Å². The average molecular weight is 395 g/mol. The van der Waals surface area contributed by atoms with Gasteiger partial charge in [-0.2, -0.15) is 5.10 Å². The van der Waals surface area contributed by atoms with Crippen LogP contribution in [0.25, 0.3) is 0 Å². The van der Waals surface area contributed by atoms with Gasteiger partial charge in [0, 0.05) is 38.6 Å². The quantitative estimate of drug-likeness (QED) is 0.497. The van der Waals surface area contributed by atoms with Crippen molar-refractivity contribution < 1.29 is 9.53 Å². The van der Waals surface area contributed by atoms with Gasteiger partial charge in [-0.25, -0.2) is 4.79 Å². The summed E-state index contributed by atoms with van der Waals surface area (Å²) in [5, 5.41) is 10.5. The molecule has 0 aliphatic rings. The van der Waals surface area contributed by atoms with Crippen molar-refractivity contribution in [3.05, 3.63) is 18.5 Å². The van der Waals surface area contributed by atoms with Crippen molar-refractivity contribution in [1.82, 2.24) is 25.3 Å². The van der Waals surface area contributed by atoms with E-state index in [0.717, 1.165) is 32.0 Å². The smallest absolute Gasteiger partial charge is 0.407 e. The number of hydrogen-bond acceptors (Lipinski definition) is 4. The fourth-order valence-electron chi connectivity index (χ4n) is 2.63. The van der Waals surface area contributed by atoms with Crippen LogP contribution >= 0.6 is 0 Å². The number of carbonyl (C=O) groups is 1. The number of rotatable bonds is 9. The zero-order chi connectivity index (χ0) is 21.2. The predicted molar refractivity (Wildman–Crippen MR) is 113 cm³/mol. The molecule has 8 heteroatoms. The van der Waals surface area contributed by atoms with Gasteiger partial charge in [-0.05, 0) is 46.1 Å². The number of nitrogens with one attached hydrogen (secondary N) is 2. The van der Waals surface area contributed by atoms with Crippen LogP contribution in [0.4, 0.5) is 4.79 Å². The first kappa shape index (κ1) is 23.8. The molecule has 1 heterocycles. The normalized spacial score (nSPS) is 13.4. The van der Waals surface area contributed by atoms with Gasteiger partial charge in [0.25, 0.3) is 0 Å². The Morgan fingerprint density at radius 1 is 1.36 bits per heavy atom. The molecule has 0 spiro atoms. The Morgan fingerprint density at radius 2 is 2.07 bits per heavy atom. The predicted octanol–water partition coefficient (Wildman–Crippen LogP) is 2.72. The van der Waals surface area contributed by atoms with Crippen LogP contribution in [0.1, 0.15) is 48.0 Å². The second-order valence-electron chi connectivity index (χ2n) is 8.21. The van der Waals surface area contributed by atoms with Crippen LogP contribution in [0.15, 0.2) is 23.5 Å². The zero-order valence-corrected chi connectivity index (χ0v) is 18.5. The van der Waals surface area contributed by atoms with Crippen molar-refractivity contribution in [2.75, 3.05) is 26.7 Å². The van der Waals surface area contributed by atoms with Crippen LogP contribution in [-0.2, 0) is 11.3 Å². The van der Waals surface area contributed by atoms with Crippen LogP contribution < -0.4 is 10.6 Å². The maximum atomic E-state index is 12.1. The van der Waals surface area contributed by atoms with Crippen LogP contribution in [0, 0.1) is 5.92 Å². The minimum atomic E-state index is -0.498. The third-order valence-electron chi connectivity index (χ3n) is 4.13. The van der Waals surface area contributed by atoms with Gasteiger partial charge in [-0.3, -0.25) is 9.67 Å². The van der Waals surface area contributed by atoms with Gasteiger partial charge >= 0.3 is 6.09 Å². The van der Waals surface area contributed by atoms with Crippen LogP contribution in [0.3, 0.4) is 0 Å². The van der Waals surface area contributed by atoms with Crippen molar-refractivity contribution in [2.45, 2.75) is 66.2 Å². The molecule has 0 bridgehead atoms. The summed E-state index contributed by atoms with van der Waals surface area (Å²) >= 11 is 0. The average Bonchev–Trinajstić information content (AvgIpc) is 3.09. The lowest BCUT2D eigenvalue weighted by atomic mass is 10.0. The number of ether oxygens (including phenoxy) is 1. The number of guanidine groups is 1. The summed E-state index contributed by atoms with van der Waals surface area (Å²) in [6.07, 6.45) is 4.14. The van der Waals surface area contributed by atoms with E-state index in [2.05, 4.69) is 46.4 Å². The molecule has 0 aliphatic heterocycles. The number of amides is 1. The van der Waals surface area contributed by atoms with Gasteiger partial charge < -0.3 is 20.3 Å².